The Bertz CT molecular complexity index is 1080. The normalized spacial score (nSPS) is 10.5. The lowest BCUT2D eigenvalue weighted by Crippen LogP contribution is -2.20. The fourth-order valence-corrected chi connectivity index (χ4v) is 3.17. The number of hydrogen-bond acceptors (Lipinski definition) is 4. The monoisotopic (exact) mass is 462 g/mol. The molecule has 3 aromatic carbocycles. The molecule has 0 atom stereocenters. The second-order valence-electron chi connectivity index (χ2n) is 6.78. The molecule has 31 heavy (non-hydrogen) atoms. The summed E-state index contributed by atoms with van der Waals surface area (Å²) >= 11 is 12.2. The van der Waals surface area contributed by atoms with Crippen LogP contribution in [-0.2, 0) is 11.3 Å². The van der Waals surface area contributed by atoms with E-state index in [-0.39, 0.29) is 17.5 Å². The number of nitrogens with one attached hydrogen (secondary N) is 2. The highest BCUT2D eigenvalue weighted by Crippen LogP contribution is 2.34. The van der Waals surface area contributed by atoms with Gasteiger partial charge in [0, 0.05) is 29.0 Å². The number of ether oxygens (including phenoxy) is 2. The third-order valence-electron chi connectivity index (χ3n) is 4.43. The number of aryl methyl sites for hydroxylation is 1. The molecule has 0 unspecified atom stereocenters. The molecule has 8 heteroatoms. The van der Waals surface area contributed by atoms with Gasteiger partial charge in [0.05, 0.1) is 12.1 Å². The standard InChI is InChI=1S/C23H21Cl2FN2O3/c1-14-3-5-16(6-4-14)28-23(29)13-31-22-11-18(24)15(9-21(22)30-2)12-27-17-7-8-20(26)19(25)10-17/h3-11,27H,12-13H2,1-2H3,(H,28,29). The van der Waals surface area contributed by atoms with Crippen molar-refractivity contribution >= 4 is 40.5 Å². The van der Waals surface area contributed by atoms with Gasteiger partial charge >= 0.3 is 0 Å². The van der Waals surface area contributed by atoms with Crippen LogP contribution in [-0.4, -0.2) is 19.6 Å². The average molecular weight is 463 g/mol. The number of amides is 1. The summed E-state index contributed by atoms with van der Waals surface area (Å²) in [6.07, 6.45) is 0. The number of anilines is 2. The number of halogens is 3. The van der Waals surface area contributed by atoms with E-state index in [1.54, 1.807) is 18.2 Å². The molecule has 0 aliphatic carbocycles. The van der Waals surface area contributed by atoms with Gasteiger partial charge in [0.25, 0.3) is 5.91 Å². The maximum atomic E-state index is 13.3. The summed E-state index contributed by atoms with van der Waals surface area (Å²) < 4.78 is 24.3. The smallest absolute Gasteiger partial charge is 0.262 e. The Hall–Kier alpha value is -2.96. The van der Waals surface area contributed by atoms with E-state index in [9.17, 15) is 9.18 Å². The van der Waals surface area contributed by atoms with Crippen LogP contribution in [0.2, 0.25) is 10.0 Å². The topological polar surface area (TPSA) is 59.6 Å². The van der Waals surface area contributed by atoms with E-state index in [1.165, 1.54) is 19.2 Å². The van der Waals surface area contributed by atoms with Gasteiger partial charge in [0.2, 0.25) is 0 Å². The summed E-state index contributed by atoms with van der Waals surface area (Å²) in [7, 11) is 1.50. The summed E-state index contributed by atoms with van der Waals surface area (Å²) in [5.41, 5.74) is 3.17. The Labute approximate surface area is 190 Å². The first-order valence-electron chi connectivity index (χ1n) is 9.40. The molecule has 1 amide bonds. The second-order valence-corrected chi connectivity index (χ2v) is 7.59. The summed E-state index contributed by atoms with van der Waals surface area (Å²) in [4.78, 5) is 12.2. The first kappa shape index (κ1) is 22.7. The van der Waals surface area contributed by atoms with Crippen molar-refractivity contribution in [1.82, 2.24) is 0 Å². The molecular formula is C23H21Cl2FN2O3. The highest BCUT2D eigenvalue weighted by molar-refractivity contribution is 6.31. The van der Waals surface area contributed by atoms with Crippen LogP contribution in [0.1, 0.15) is 11.1 Å². The van der Waals surface area contributed by atoms with Gasteiger partial charge in [-0.3, -0.25) is 4.79 Å². The lowest BCUT2D eigenvalue weighted by Gasteiger charge is -2.15. The Balaban J connectivity index is 1.63. The zero-order valence-corrected chi connectivity index (χ0v) is 18.5. The van der Waals surface area contributed by atoms with Gasteiger partial charge < -0.3 is 20.1 Å². The molecule has 2 N–H and O–H groups in total. The molecule has 0 aliphatic rings. The Morgan fingerprint density at radius 3 is 2.35 bits per heavy atom. The molecule has 0 saturated heterocycles. The predicted molar refractivity (Wildman–Crippen MR) is 122 cm³/mol. The van der Waals surface area contributed by atoms with Gasteiger partial charge in [-0.2, -0.15) is 0 Å². The molecule has 0 spiro atoms. The largest absolute Gasteiger partial charge is 0.493 e. The molecule has 3 rings (SSSR count). The van der Waals surface area contributed by atoms with E-state index in [2.05, 4.69) is 10.6 Å². The summed E-state index contributed by atoms with van der Waals surface area (Å²) in [6, 6.07) is 15.1. The minimum atomic E-state index is -0.486. The van der Waals surface area contributed by atoms with Crippen LogP contribution in [0.4, 0.5) is 15.8 Å². The predicted octanol–water partition coefficient (Wildman–Crippen LogP) is 6.08. The number of hydrogen-bond donors (Lipinski definition) is 2. The van der Waals surface area contributed by atoms with Crippen molar-refractivity contribution in [2.45, 2.75) is 13.5 Å². The van der Waals surface area contributed by atoms with Crippen LogP contribution in [0.25, 0.3) is 0 Å². The van der Waals surface area contributed by atoms with Gasteiger partial charge in [0.1, 0.15) is 5.82 Å². The quantitative estimate of drug-likeness (QED) is 0.425. The first-order valence-corrected chi connectivity index (χ1v) is 10.2. The lowest BCUT2D eigenvalue weighted by atomic mass is 10.2. The molecule has 0 saturated carbocycles. The molecule has 0 aromatic heterocycles. The van der Waals surface area contributed by atoms with Crippen molar-refractivity contribution in [2.75, 3.05) is 24.4 Å². The van der Waals surface area contributed by atoms with Crippen LogP contribution >= 0.6 is 23.2 Å². The van der Waals surface area contributed by atoms with E-state index in [4.69, 9.17) is 32.7 Å². The highest BCUT2D eigenvalue weighted by Gasteiger charge is 2.13. The molecule has 0 radical (unpaired) electrons. The Morgan fingerprint density at radius 1 is 0.968 bits per heavy atom. The second kappa shape index (κ2) is 10.4. The zero-order valence-electron chi connectivity index (χ0n) is 17.0. The Kier molecular flexibility index (Phi) is 7.60. The van der Waals surface area contributed by atoms with Gasteiger partial charge in [-0.15, -0.1) is 0 Å². The van der Waals surface area contributed by atoms with Crippen molar-refractivity contribution in [3.05, 3.63) is 81.6 Å². The highest BCUT2D eigenvalue weighted by atomic mass is 35.5. The van der Waals surface area contributed by atoms with Gasteiger partial charge in [0.15, 0.2) is 18.1 Å². The van der Waals surface area contributed by atoms with Crippen molar-refractivity contribution in [3.8, 4) is 11.5 Å². The van der Waals surface area contributed by atoms with Crippen LogP contribution in [0, 0.1) is 12.7 Å². The first-order chi connectivity index (χ1) is 14.9. The van der Waals surface area contributed by atoms with Crippen LogP contribution in [0.5, 0.6) is 11.5 Å². The third-order valence-corrected chi connectivity index (χ3v) is 5.07. The number of carbonyl (C=O) groups is 1. The van der Waals surface area contributed by atoms with E-state index >= 15 is 0 Å². The summed E-state index contributed by atoms with van der Waals surface area (Å²) in [5, 5.41) is 6.35. The minimum Gasteiger partial charge on any atom is -0.493 e. The zero-order chi connectivity index (χ0) is 22.4. The van der Waals surface area contributed by atoms with Gasteiger partial charge in [-0.25, -0.2) is 4.39 Å². The molecule has 0 aliphatic heterocycles. The van der Waals surface area contributed by atoms with E-state index < -0.39 is 5.82 Å². The molecule has 162 valence electrons. The molecule has 3 aromatic rings. The Morgan fingerprint density at radius 2 is 1.68 bits per heavy atom. The number of carbonyl (C=O) groups excluding carboxylic acids is 1. The lowest BCUT2D eigenvalue weighted by molar-refractivity contribution is -0.118. The van der Waals surface area contributed by atoms with Crippen LogP contribution < -0.4 is 20.1 Å². The SMILES string of the molecule is COc1cc(CNc2ccc(F)c(Cl)c2)c(Cl)cc1OCC(=O)Nc1ccc(C)cc1. The number of benzene rings is 3. The van der Waals surface area contributed by atoms with E-state index in [1.807, 2.05) is 31.2 Å². The van der Waals surface area contributed by atoms with Gasteiger partial charge in [-0.1, -0.05) is 40.9 Å². The number of methoxy groups -OCH3 is 1. The molecular weight excluding hydrogens is 442 g/mol. The van der Waals surface area contributed by atoms with Crippen molar-refractivity contribution < 1.29 is 18.7 Å². The third kappa shape index (κ3) is 6.26. The molecule has 5 nitrogen and oxygen atoms in total. The minimum absolute atomic E-state index is 0.0290. The molecule has 0 bridgehead atoms. The van der Waals surface area contributed by atoms with Crippen molar-refractivity contribution in [3.63, 3.8) is 0 Å². The average Bonchev–Trinajstić information content (AvgIpc) is 2.75. The van der Waals surface area contributed by atoms with Crippen LogP contribution in [0.3, 0.4) is 0 Å². The molecule has 0 heterocycles. The van der Waals surface area contributed by atoms with Crippen molar-refractivity contribution in [1.29, 1.82) is 0 Å². The summed E-state index contributed by atoms with van der Waals surface area (Å²) in [6.45, 7) is 2.12. The fraction of sp³-hybridized carbons (Fsp3) is 0.174. The molecule has 0 fully saturated rings. The fourth-order valence-electron chi connectivity index (χ4n) is 2.77. The van der Waals surface area contributed by atoms with Crippen molar-refractivity contribution in [2.24, 2.45) is 0 Å². The maximum Gasteiger partial charge on any atom is 0.262 e. The number of rotatable bonds is 8. The van der Waals surface area contributed by atoms with Gasteiger partial charge in [-0.05, 0) is 48.9 Å². The van der Waals surface area contributed by atoms with E-state index in [0.717, 1.165) is 11.1 Å². The van der Waals surface area contributed by atoms with Crippen LogP contribution in [0.15, 0.2) is 54.6 Å². The maximum absolute atomic E-state index is 13.3. The summed E-state index contributed by atoms with van der Waals surface area (Å²) in [5.74, 6) is -0.0117. The van der Waals surface area contributed by atoms with E-state index in [0.29, 0.717) is 34.4 Å².